The minimum absolute atomic E-state index is 0.0297. The van der Waals surface area contributed by atoms with Crippen molar-refractivity contribution in [2.45, 2.75) is 31.0 Å². The van der Waals surface area contributed by atoms with Crippen molar-refractivity contribution in [3.63, 3.8) is 0 Å². The Morgan fingerprint density at radius 1 is 1.52 bits per heavy atom. The molecule has 0 aliphatic carbocycles. The van der Waals surface area contributed by atoms with Crippen LogP contribution < -0.4 is 11.2 Å². The maximum absolute atomic E-state index is 12.7. The minimum Gasteiger partial charge on any atom is -0.390 e. The summed E-state index contributed by atoms with van der Waals surface area (Å²) < 4.78 is 48.7. The van der Waals surface area contributed by atoms with Gasteiger partial charge in [-0.2, -0.15) is 13.2 Å². The van der Waals surface area contributed by atoms with Gasteiger partial charge in [0.1, 0.15) is 17.9 Å². The van der Waals surface area contributed by atoms with E-state index in [1.165, 1.54) is 7.11 Å². The van der Waals surface area contributed by atoms with Gasteiger partial charge in [0, 0.05) is 19.7 Å². The second kappa shape index (κ2) is 5.62. The predicted octanol–water partition coefficient (Wildman–Crippen LogP) is -0.150. The predicted molar refractivity (Wildman–Crippen MR) is 62.7 cm³/mol. The number of alkyl halides is 3. The van der Waals surface area contributed by atoms with Crippen LogP contribution in [-0.4, -0.2) is 40.6 Å². The smallest absolute Gasteiger partial charge is 0.390 e. The summed E-state index contributed by atoms with van der Waals surface area (Å²) in [6.07, 6.45) is -7.43. The van der Waals surface area contributed by atoms with E-state index in [4.69, 9.17) is 9.47 Å². The summed E-state index contributed by atoms with van der Waals surface area (Å²) in [7, 11) is 1.37. The fourth-order valence-corrected chi connectivity index (χ4v) is 2.10. The molecule has 1 saturated heterocycles. The van der Waals surface area contributed by atoms with Crippen LogP contribution in [0.4, 0.5) is 13.2 Å². The van der Waals surface area contributed by atoms with Crippen molar-refractivity contribution in [1.82, 2.24) is 9.55 Å². The molecule has 0 amide bonds. The van der Waals surface area contributed by atoms with Gasteiger partial charge in [0.15, 0.2) is 0 Å². The number of ether oxygens (including phenoxy) is 2. The lowest BCUT2D eigenvalue weighted by atomic mass is 10.2. The molecule has 0 aromatic carbocycles. The number of nitrogens with zero attached hydrogens (tertiary/aromatic N) is 1. The van der Waals surface area contributed by atoms with E-state index in [0.29, 0.717) is 10.8 Å². The summed E-state index contributed by atoms with van der Waals surface area (Å²) in [6, 6.07) is 0. The number of aliphatic hydroxyl groups excluding tert-OH is 1. The van der Waals surface area contributed by atoms with E-state index in [0.717, 1.165) is 0 Å². The molecule has 0 unspecified atom stereocenters. The van der Waals surface area contributed by atoms with Gasteiger partial charge in [-0.15, -0.1) is 0 Å². The minimum atomic E-state index is -4.90. The van der Waals surface area contributed by atoms with Crippen LogP contribution in [0.2, 0.25) is 0 Å². The SMILES string of the molecule is COC[C@H]1O[C@@H](n2cc(C(F)(F)F)c(=O)[nH]c2=O)C[C@@H]1O. The first kappa shape index (κ1) is 15.7. The molecule has 2 N–H and O–H groups in total. The van der Waals surface area contributed by atoms with Crippen molar-refractivity contribution < 1.29 is 27.8 Å². The highest BCUT2D eigenvalue weighted by Gasteiger charge is 2.38. The normalized spacial score (nSPS) is 26.2. The Balaban J connectivity index is 2.37. The van der Waals surface area contributed by atoms with Gasteiger partial charge < -0.3 is 14.6 Å². The summed E-state index contributed by atoms with van der Waals surface area (Å²) in [6.45, 7) is 0.0297. The van der Waals surface area contributed by atoms with Gasteiger partial charge in [-0.05, 0) is 0 Å². The number of aromatic amines is 1. The van der Waals surface area contributed by atoms with E-state index in [1.807, 2.05) is 0 Å². The van der Waals surface area contributed by atoms with Crippen molar-refractivity contribution in [2.75, 3.05) is 13.7 Å². The molecule has 2 heterocycles. The molecule has 1 aromatic heterocycles. The zero-order valence-electron chi connectivity index (χ0n) is 10.9. The quantitative estimate of drug-likeness (QED) is 0.810. The first-order valence-electron chi connectivity index (χ1n) is 5.99. The van der Waals surface area contributed by atoms with E-state index in [1.54, 1.807) is 4.98 Å². The summed E-state index contributed by atoms with van der Waals surface area (Å²) in [5.41, 5.74) is -4.06. The monoisotopic (exact) mass is 310 g/mol. The number of methoxy groups -OCH3 is 1. The van der Waals surface area contributed by atoms with Crippen molar-refractivity contribution in [3.05, 3.63) is 32.6 Å². The fraction of sp³-hybridized carbons (Fsp3) is 0.636. The number of aromatic nitrogens is 2. The third-order valence-electron chi connectivity index (χ3n) is 3.12. The maximum Gasteiger partial charge on any atom is 0.423 e. The number of nitrogens with one attached hydrogen (secondary N) is 1. The summed E-state index contributed by atoms with van der Waals surface area (Å²) >= 11 is 0. The molecule has 1 fully saturated rings. The van der Waals surface area contributed by atoms with Gasteiger partial charge in [-0.25, -0.2) is 4.79 Å². The average molecular weight is 310 g/mol. The van der Waals surface area contributed by atoms with Crippen LogP contribution in [0.15, 0.2) is 15.8 Å². The number of hydrogen-bond acceptors (Lipinski definition) is 5. The van der Waals surface area contributed by atoms with Crippen LogP contribution >= 0.6 is 0 Å². The molecule has 2 rings (SSSR count). The van der Waals surface area contributed by atoms with Crippen molar-refractivity contribution >= 4 is 0 Å². The lowest BCUT2D eigenvalue weighted by Gasteiger charge is -2.16. The molecule has 21 heavy (non-hydrogen) atoms. The van der Waals surface area contributed by atoms with Crippen molar-refractivity contribution in [3.8, 4) is 0 Å². The van der Waals surface area contributed by atoms with Gasteiger partial charge in [0.05, 0.1) is 12.7 Å². The summed E-state index contributed by atoms with van der Waals surface area (Å²) in [4.78, 5) is 24.4. The molecule has 10 heteroatoms. The van der Waals surface area contributed by atoms with Crippen LogP contribution in [0.1, 0.15) is 18.2 Å². The molecule has 0 saturated carbocycles. The molecular weight excluding hydrogens is 297 g/mol. The zero-order valence-corrected chi connectivity index (χ0v) is 10.9. The standard InChI is InChI=1S/C11H13F3N2O5/c1-20-4-7-6(17)2-8(21-7)16-3-5(11(12,13)14)9(18)15-10(16)19/h3,6-8,17H,2,4H2,1H3,(H,15,18,19)/t6-,7+,8+/m0/s1. The zero-order chi connectivity index (χ0) is 15.8. The van der Waals surface area contributed by atoms with Gasteiger partial charge in [0.25, 0.3) is 5.56 Å². The number of halogens is 3. The number of hydrogen-bond donors (Lipinski definition) is 2. The molecule has 0 radical (unpaired) electrons. The average Bonchev–Trinajstić information content (AvgIpc) is 2.69. The molecule has 0 bridgehead atoms. The van der Waals surface area contributed by atoms with Gasteiger partial charge in [0.2, 0.25) is 0 Å². The molecule has 1 aliphatic rings. The topological polar surface area (TPSA) is 93.5 Å². The first-order chi connectivity index (χ1) is 9.74. The van der Waals surface area contributed by atoms with Crippen LogP contribution in [0.5, 0.6) is 0 Å². The van der Waals surface area contributed by atoms with E-state index in [-0.39, 0.29) is 13.0 Å². The number of aliphatic hydroxyl groups is 1. The Bertz CT molecular complexity index is 624. The molecule has 1 aromatic rings. The number of H-pyrrole nitrogens is 1. The highest BCUT2D eigenvalue weighted by atomic mass is 19.4. The Morgan fingerprint density at radius 3 is 2.76 bits per heavy atom. The highest BCUT2D eigenvalue weighted by Crippen LogP contribution is 2.30. The summed E-state index contributed by atoms with van der Waals surface area (Å²) in [5, 5.41) is 9.71. The van der Waals surface area contributed by atoms with E-state index in [2.05, 4.69) is 0 Å². The second-order valence-electron chi connectivity index (χ2n) is 4.59. The molecule has 7 nitrogen and oxygen atoms in total. The molecule has 0 spiro atoms. The molecular formula is C11H13F3N2O5. The Morgan fingerprint density at radius 2 is 2.19 bits per heavy atom. The molecule has 118 valence electrons. The van der Waals surface area contributed by atoms with Crippen molar-refractivity contribution in [1.29, 1.82) is 0 Å². The third-order valence-corrected chi connectivity index (χ3v) is 3.12. The fourth-order valence-electron chi connectivity index (χ4n) is 2.10. The number of rotatable bonds is 3. The lowest BCUT2D eigenvalue weighted by Crippen LogP contribution is -2.36. The lowest BCUT2D eigenvalue weighted by molar-refractivity contribution is -0.139. The first-order valence-corrected chi connectivity index (χ1v) is 5.99. The largest absolute Gasteiger partial charge is 0.423 e. The van der Waals surface area contributed by atoms with E-state index >= 15 is 0 Å². The molecule has 3 atom stereocenters. The van der Waals surface area contributed by atoms with E-state index in [9.17, 15) is 27.9 Å². The highest BCUT2D eigenvalue weighted by molar-refractivity contribution is 5.09. The van der Waals surface area contributed by atoms with Crippen molar-refractivity contribution in [2.24, 2.45) is 0 Å². The third kappa shape index (κ3) is 3.17. The van der Waals surface area contributed by atoms with Crippen LogP contribution in [0.3, 0.4) is 0 Å². The van der Waals surface area contributed by atoms with Gasteiger partial charge in [-0.3, -0.25) is 14.3 Å². The Labute approximate surface area is 115 Å². The second-order valence-corrected chi connectivity index (χ2v) is 4.59. The maximum atomic E-state index is 12.7. The Kier molecular flexibility index (Phi) is 4.21. The van der Waals surface area contributed by atoms with Gasteiger partial charge in [-0.1, -0.05) is 0 Å². The summed E-state index contributed by atoms with van der Waals surface area (Å²) in [5.74, 6) is 0. The van der Waals surface area contributed by atoms with Crippen LogP contribution in [0.25, 0.3) is 0 Å². The van der Waals surface area contributed by atoms with Gasteiger partial charge >= 0.3 is 11.9 Å². The van der Waals surface area contributed by atoms with E-state index < -0.39 is 41.4 Å². The van der Waals surface area contributed by atoms with Crippen LogP contribution in [-0.2, 0) is 15.7 Å². The van der Waals surface area contributed by atoms with Crippen LogP contribution in [0, 0.1) is 0 Å². The Hall–Kier alpha value is -1.65. The molecule has 1 aliphatic heterocycles.